The van der Waals surface area contributed by atoms with E-state index in [1.54, 1.807) is 0 Å². The Morgan fingerprint density at radius 1 is 1.35 bits per heavy atom. The Bertz CT molecular complexity index is 541. The van der Waals surface area contributed by atoms with Crippen molar-refractivity contribution in [3.63, 3.8) is 0 Å². The topological polar surface area (TPSA) is 49.4 Å². The van der Waals surface area contributed by atoms with Crippen molar-refractivity contribution < 1.29 is 9.59 Å². The fourth-order valence-electron chi connectivity index (χ4n) is 3.26. The van der Waals surface area contributed by atoms with E-state index in [0.29, 0.717) is 18.9 Å². The molecule has 2 saturated heterocycles. The number of hydrogen-bond acceptors (Lipinski definition) is 2. The predicted octanol–water partition coefficient (Wildman–Crippen LogP) is 1.74. The zero-order valence-electron chi connectivity index (χ0n) is 11.8. The molecule has 0 aromatic heterocycles. The van der Waals surface area contributed by atoms with Crippen LogP contribution in [0.4, 0.5) is 0 Å². The lowest BCUT2D eigenvalue weighted by molar-refractivity contribution is -0.121. The third kappa shape index (κ3) is 2.55. The van der Waals surface area contributed by atoms with Crippen molar-refractivity contribution in [3.8, 4) is 0 Å². The normalized spacial score (nSPS) is 25.9. The van der Waals surface area contributed by atoms with Gasteiger partial charge in [0.1, 0.15) is 0 Å². The number of carbonyl (C=O) groups is 2. The zero-order chi connectivity index (χ0) is 14.1. The summed E-state index contributed by atoms with van der Waals surface area (Å²) in [6.45, 7) is 3.39. The number of likely N-dealkylation sites (tertiary alicyclic amines) is 1. The van der Waals surface area contributed by atoms with Crippen LogP contribution in [-0.2, 0) is 4.79 Å². The molecular formula is C16H20N2O2. The fraction of sp³-hybridized carbons (Fsp3) is 0.500. The molecule has 4 nitrogen and oxygen atoms in total. The lowest BCUT2D eigenvalue weighted by Gasteiger charge is -2.17. The van der Waals surface area contributed by atoms with Gasteiger partial charge in [-0.1, -0.05) is 17.7 Å². The molecule has 1 aromatic carbocycles. The molecule has 2 heterocycles. The summed E-state index contributed by atoms with van der Waals surface area (Å²) in [4.78, 5) is 26.0. The van der Waals surface area contributed by atoms with Crippen LogP contribution in [0.5, 0.6) is 0 Å². The molecule has 1 N–H and O–H groups in total. The summed E-state index contributed by atoms with van der Waals surface area (Å²) in [5.41, 5.74) is 1.84. The summed E-state index contributed by atoms with van der Waals surface area (Å²) in [6, 6.07) is 7.83. The van der Waals surface area contributed by atoms with Gasteiger partial charge < -0.3 is 10.2 Å². The third-order valence-electron chi connectivity index (χ3n) is 4.32. The van der Waals surface area contributed by atoms with Crippen LogP contribution in [0.15, 0.2) is 24.3 Å². The van der Waals surface area contributed by atoms with E-state index in [1.165, 1.54) is 0 Å². The van der Waals surface area contributed by atoms with Gasteiger partial charge in [-0.3, -0.25) is 9.59 Å². The smallest absolute Gasteiger partial charge is 0.253 e. The zero-order valence-corrected chi connectivity index (χ0v) is 11.8. The Morgan fingerprint density at radius 3 is 3.00 bits per heavy atom. The molecule has 20 heavy (non-hydrogen) atoms. The molecule has 0 bridgehead atoms. The van der Waals surface area contributed by atoms with Gasteiger partial charge >= 0.3 is 0 Å². The molecule has 1 aromatic rings. The first kappa shape index (κ1) is 13.2. The summed E-state index contributed by atoms with van der Waals surface area (Å²) >= 11 is 0. The second-order valence-corrected chi connectivity index (χ2v) is 5.91. The molecule has 2 aliphatic heterocycles. The van der Waals surface area contributed by atoms with Gasteiger partial charge in [-0.25, -0.2) is 0 Å². The Hall–Kier alpha value is -1.84. The Kier molecular flexibility index (Phi) is 3.47. The van der Waals surface area contributed by atoms with Crippen LogP contribution in [0.2, 0.25) is 0 Å². The molecule has 0 saturated carbocycles. The van der Waals surface area contributed by atoms with E-state index in [1.807, 2.05) is 36.1 Å². The van der Waals surface area contributed by atoms with Crippen LogP contribution in [0.25, 0.3) is 0 Å². The van der Waals surface area contributed by atoms with Crippen molar-refractivity contribution in [2.75, 3.05) is 13.1 Å². The second kappa shape index (κ2) is 5.27. The van der Waals surface area contributed by atoms with Gasteiger partial charge in [-0.15, -0.1) is 0 Å². The monoisotopic (exact) mass is 272 g/mol. The Morgan fingerprint density at radius 2 is 2.20 bits per heavy atom. The van der Waals surface area contributed by atoms with Gasteiger partial charge in [0.25, 0.3) is 5.91 Å². The fourth-order valence-corrected chi connectivity index (χ4v) is 3.26. The number of rotatable bonds is 1. The summed E-state index contributed by atoms with van der Waals surface area (Å²) in [5.74, 6) is 0.619. The lowest BCUT2D eigenvalue weighted by Crippen LogP contribution is -2.39. The minimum Gasteiger partial charge on any atom is -0.351 e. The molecule has 2 atom stereocenters. The molecule has 106 valence electrons. The number of hydrogen-bond donors (Lipinski definition) is 1. The molecule has 4 heteroatoms. The van der Waals surface area contributed by atoms with E-state index in [0.717, 1.165) is 30.5 Å². The highest BCUT2D eigenvalue weighted by Gasteiger charge is 2.37. The Labute approximate surface area is 119 Å². The molecule has 0 spiro atoms. The largest absolute Gasteiger partial charge is 0.351 e. The predicted molar refractivity (Wildman–Crippen MR) is 76.4 cm³/mol. The molecule has 2 amide bonds. The van der Waals surface area contributed by atoms with E-state index in [4.69, 9.17) is 0 Å². The van der Waals surface area contributed by atoms with Crippen molar-refractivity contribution in [2.45, 2.75) is 32.2 Å². The highest BCUT2D eigenvalue weighted by Crippen LogP contribution is 2.26. The molecule has 3 rings (SSSR count). The van der Waals surface area contributed by atoms with Crippen LogP contribution in [0, 0.1) is 12.8 Å². The molecule has 0 radical (unpaired) electrons. The van der Waals surface area contributed by atoms with Gasteiger partial charge in [0.05, 0.1) is 6.04 Å². The number of carbonyl (C=O) groups excluding carboxylic acids is 2. The third-order valence-corrected chi connectivity index (χ3v) is 4.32. The van der Waals surface area contributed by atoms with E-state index in [-0.39, 0.29) is 17.9 Å². The molecule has 2 aliphatic rings. The highest BCUT2D eigenvalue weighted by molar-refractivity contribution is 5.94. The average Bonchev–Trinajstić information content (AvgIpc) is 2.73. The number of fused-ring (bicyclic) bond motifs is 1. The molecule has 2 unspecified atom stereocenters. The van der Waals surface area contributed by atoms with E-state index in [2.05, 4.69) is 5.32 Å². The molecule has 2 fully saturated rings. The highest BCUT2D eigenvalue weighted by atomic mass is 16.2. The summed E-state index contributed by atoms with van der Waals surface area (Å²) in [7, 11) is 0. The van der Waals surface area contributed by atoms with Gasteiger partial charge in [0.2, 0.25) is 5.91 Å². The first-order valence-electron chi connectivity index (χ1n) is 7.29. The number of benzene rings is 1. The van der Waals surface area contributed by atoms with Crippen LogP contribution in [0.1, 0.15) is 35.2 Å². The second-order valence-electron chi connectivity index (χ2n) is 5.91. The van der Waals surface area contributed by atoms with Crippen molar-refractivity contribution in [2.24, 2.45) is 5.92 Å². The van der Waals surface area contributed by atoms with Crippen LogP contribution in [-0.4, -0.2) is 35.8 Å². The van der Waals surface area contributed by atoms with Crippen molar-refractivity contribution in [3.05, 3.63) is 35.4 Å². The van der Waals surface area contributed by atoms with Crippen LogP contribution in [0.3, 0.4) is 0 Å². The van der Waals surface area contributed by atoms with Gasteiger partial charge in [0, 0.05) is 25.1 Å². The van der Waals surface area contributed by atoms with E-state index < -0.39 is 0 Å². The van der Waals surface area contributed by atoms with Crippen molar-refractivity contribution >= 4 is 11.8 Å². The SMILES string of the molecule is Cc1cccc(C(=O)N2CC3CCCC(=O)NC3C2)c1. The minimum atomic E-state index is 0.0797. The first-order chi connectivity index (χ1) is 9.63. The van der Waals surface area contributed by atoms with Crippen LogP contribution >= 0.6 is 0 Å². The Balaban J connectivity index is 1.73. The summed E-state index contributed by atoms with van der Waals surface area (Å²) < 4.78 is 0. The number of nitrogens with zero attached hydrogens (tertiary/aromatic N) is 1. The summed E-state index contributed by atoms with van der Waals surface area (Å²) in [5, 5.41) is 3.06. The number of nitrogens with one attached hydrogen (secondary N) is 1. The van der Waals surface area contributed by atoms with Crippen molar-refractivity contribution in [1.29, 1.82) is 0 Å². The quantitative estimate of drug-likeness (QED) is 0.846. The van der Waals surface area contributed by atoms with Gasteiger partial charge in [-0.2, -0.15) is 0 Å². The number of aryl methyl sites for hydroxylation is 1. The number of amides is 2. The van der Waals surface area contributed by atoms with Crippen molar-refractivity contribution in [1.82, 2.24) is 10.2 Å². The van der Waals surface area contributed by atoms with E-state index in [9.17, 15) is 9.59 Å². The molecule has 0 aliphatic carbocycles. The van der Waals surface area contributed by atoms with E-state index >= 15 is 0 Å². The minimum absolute atomic E-state index is 0.0797. The maximum absolute atomic E-state index is 12.5. The van der Waals surface area contributed by atoms with Crippen LogP contribution < -0.4 is 5.32 Å². The first-order valence-corrected chi connectivity index (χ1v) is 7.29. The van der Waals surface area contributed by atoms with Gasteiger partial charge in [-0.05, 0) is 37.8 Å². The maximum Gasteiger partial charge on any atom is 0.253 e. The standard InChI is InChI=1S/C16H20N2O2/c1-11-4-2-5-12(8-11)16(20)18-9-13-6-3-7-15(19)17-14(13)10-18/h2,4-5,8,13-14H,3,6-7,9-10H2,1H3,(H,17,19). The van der Waals surface area contributed by atoms with Gasteiger partial charge in [0.15, 0.2) is 0 Å². The lowest BCUT2D eigenvalue weighted by atomic mass is 9.99. The summed E-state index contributed by atoms with van der Waals surface area (Å²) in [6.07, 6.45) is 2.58. The molecular weight excluding hydrogens is 252 g/mol. The maximum atomic E-state index is 12.5. The average molecular weight is 272 g/mol.